The number of carbonyl (C=O) groups is 2. The Bertz CT molecular complexity index is 285. The first kappa shape index (κ1) is 13.8. The van der Waals surface area contributed by atoms with Gasteiger partial charge in [-0.3, -0.25) is 4.79 Å². The maximum Gasteiger partial charge on any atom is 0.319 e. The summed E-state index contributed by atoms with van der Waals surface area (Å²) in [6.07, 6.45) is 0.0173. The van der Waals surface area contributed by atoms with E-state index in [0.717, 1.165) is 0 Å². The molecule has 0 aromatic carbocycles. The van der Waals surface area contributed by atoms with Gasteiger partial charge in [0.05, 0.1) is 18.6 Å². The normalized spacial score (nSPS) is 24.5. The third kappa shape index (κ3) is 4.22. The number of rotatable bonds is 3. The molecule has 0 aliphatic carbocycles. The largest absolute Gasteiger partial charge is 0.481 e. The Labute approximate surface area is 101 Å². The molecule has 1 N–H and O–H groups in total. The standard InChI is InChI=1S/C11H20N2O4/c1-8-6-13(7-9(2)17-8)11(16)12(3)5-4-10(14)15/h8-9H,4-7H2,1-3H3,(H,14,15). The molecule has 1 heterocycles. The highest BCUT2D eigenvalue weighted by Crippen LogP contribution is 2.12. The molecular weight excluding hydrogens is 224 g/mol. The molecule has 1 rings (SSSR count). The SMILES string of the molecule is CC1CN(C(=O)N(C)CCC(=O)O)CC(C)O1. The van der Waals surface area contributed by atoms with E-state index in [0.29, 0.717) is 13.1 Å². The first-order valence-electron chi connectivity index (χ1n) is 5.77. The number of carboxylic acids is 1. The summed E-state index contributed by atoms with van der Waals surface area (Å²) in [4.78, 5) is 25.6. The monoisotopic (exact) mass is 244 g/mol. The van der Waals surface area contributed by atoms with Crippen LogP contribution in [-0.2, 0) is 9.53 Å². The van der Waals surface area contributed by atoms with Crippen molar-refractivity contribution in [1.29, 1.82) is 0 Å². The number of carbonyl (C=O) groups excluding carboxylic acids is 1. The molecular formula is C11H20N2O4. The minimum absolute atomic E-state index is 0.0237. The number of aliphatic carboxylic acids is 1. The number of urea groups is 1. The maximum absolute atomic E-state index is 12.0. The summed E-state index contributed by atoms with van der Waals surface area (Å²) in [6, 6.07) is -0.131. The highest BCUT2D eigenvalue weighted by molar-refractivity contribution is 5.75. The van der Waals surface area contributed by atoms with Gasteiger partial charge in [0.25, 0.3) is 0 Å². The lowest BCUT2D eigenvalue weighted by molar-refractivity contribution is -0.137. The van der Waals surface area contributed by atoms with Crippen molar-refractivity contribution in [3.63, 3.8) is 0 Å². The smallest absolute Gasteiger partial charge is 0.319 e. The summed E-state index contributed by atoms with van der Waals surface area (Å²) in [7, 11) is 1.62. The van der Waals surface area contributed by atoms with E-state index in [-0.39, 0.29) is 31.2 Å². The van der Waals surface area contributed by atoms with E-state index in [1.807, 2.05) is 13.8 Å². The van der Waals surface area contributed by atoms with Crippen LogP contribution in [0.1, 0.15) is 20.3 Å². The quantitative estimate of drug-likeness (QED) is 0.790. The Morgan fingerprint density at radius 2 is 1.88 bits per heavy atom. The van der Waals surface area contributed by atoms with Gasteiger partial charge in [-0.05, 0) is 13.8 Å². The third-order valence-corrected chi connectivity index (χ3v) is 2.68. The van der Waals surface area contributed by atoms with Crippen LogP contribution in [0.15, 0.2) is 0 Å². The summed E-state index contributed by atoms with van der Waals surface area (Å²) >= 11 is 0. The molecule has 2 amide bonds. The van der Waals surface area contributed by atoms with Gasteiger partial charge < -0.3 is 19.6 Å². The maximum atomic E-state index is 12.0. The predicted octanol–water partition coefficient (Wildman–Crippen LogP) is 0.622. The second kappa shape index (κ2) is 5.86. The minimum Gasteiger partial charge on any atom is -0.481 e. The van der Waals surface area contributed by atoms with E-state index in [1.54, 1.807) is 11.9 Å². The highest BCUT2D eigenvalue weighted by atomic mass is 16.5. The van der Waals surface area contributed by atoms with Crippen LogP contribution in [0.2, 0.25) is 0 Å². The highest BCUT2D eigenvalue weighted by Gasteiger charge is 2.27. The Hall–Kier alpha value is -1.30. The Kier molecular flexibility index (Phi) is 4.74. The molecule has 6 nitrogen and oxygen atoms in total. The van der Waals surface area contributed by atoms with Gasteiger partial charge in [0, 0.05) is 26.7 Å². The van der Waals surface area contributed by atoms with E-state index in [2.05, 4.69) is 0 Å². The van der Waals surface area contributed by atoms with Crippen molar-refractivity contribution in [1.82, 2.24) is 9.80 Å². The zero-order chi connectivity index (χ0) is 13.0. The van der Waals surface area contributed by atoms with E-state index < -0.39 is 5.97 Å². The molecule has 0 aromatic rings. The number of morpholine rings is 1. The minimum atomic E-state index is -0.895. The number of carboxylic acid groups (broad SMARTS) is 1. The summed E-state index contributed by atoms with van der Waals surface area (Å²) in [5, 5.41) is 8.57. The number of amides is 2. The first-order chi connectivity index (χ1) is 7.90. The molecule has 1 saturated heterocycles. The van der Waals surface area contributed by atoms with Crippen LogP contribution in [0.25, 0.3) is 0 Å². The number of hydrogen-bond acceptors (Lipinski definition) is 3. The van der Waals surface area contributed by atoms with Gasteiger partial charge in [-0.25, -0.2) is 4.79 Å². The fraction of sp³-hybridized carbons (Fsp3) is 0.818. The molecule has 0 saturated carbocycles. The van der Waals surface area contributed by atoms with Crippen molar-refractivity contribution in [3.05, 3.63) is 0 Å². The third-order valence-electron chi connectivity index (χ3n) is 2.68. The lowest BCUT2D eigenvalue weighted by atomic mass is 10.2. The van der Waals surface area contributed by atoms with Gasteiger partial charge in [0.2, 0.25) is 0 Å². The summed E-state index contributed by atoms with van der Waals surface area (Å²) in [5.74, 6) is -0.895. The zero-order valence-corrected chi connectivity index (χ0v) is 10.5. The van der Waals surface area contributed by atoms with Gasteiger partial charge in [-0.1, -0.05) is 0 Å². The second-order valence-electron chi connectivity index (χ2n) is 4.51. The Morgan fingerprint density at radius 3 is 2.35 bits per heavy atom. The van der Waals surface area contributed by atoms with Crippen molar-refractivity contribution in [2.75, 3.05) is 26.7 Å². The molecule has 0 spiro atoms. The van der Waals surface area contributed by atoms with Crippen LogP contribution in [0.3, 0.4) is 0 Å². The van der Waals surface area contributed by atoms with Crippen molar-refractivity contribution in [2.45, 2.75) is 32.5 Å². The van der Waals surface area contributed by atoms with Gasteiger partial charge >= 0.3 is 12.0 Å². The molecule has 1 aliphatic heterocycles. The molecule has 2 unspecified atom stereocenters. The Morgan fingerprint density at radius 1 is 1.35 bits per heavy atom. The van der Waals surface area contributed by atoms with E-state index >= 15 is 0 Å². The fourth-order valence-corrected chi connectivity index (χ4v) is 1.93. The van der Waals surface area contributed by atoms with Crippen molar-refractivity contribution < 1.29 is 19.4 Å². The van der Waals surface area contributed by atoms with Crippen LogP contribution >= 0.6 is 0 Å². The molecule has 6 heteroatoms. The summed E-state index contributed by atoms with van der Waals surface area (Å²) in [6.45, 7) is 5.19. The summed E-state index contributed by atoms with van der Waals surface area (Å²) < 4.78 is 5.54. The molecule has 2 atom stereocenters. The molecule has 0 bridgehead atoms. The average molecular weight is 244 g/mol. The molecule has 98 valence electrons. The van der Waals surface area contributed by atoms with Gasteiger partial charge in [0.1, 0.15) is 0 Å². The number of hydrogen-bond donors (Lipinski definition) is 1. The van der Waals surface area contributed by atoms with Crippen LogP contribution in [0.4, 0.5) is 4.79 Å². The Balaban J connectivity index is 2.47. The topological polar surface area (TPSA) is 70.1 Å². The van der Waals surface area contributed by atoms with E-state index in [1.165, 1.54) is 4.90 Å². The van der Waals surface area contributed by atoms with Gasteiger partial charge in [-0.2, -0.15) is 0 Å². The molecule has 1 fully saturated rings. The van der Waals surface area contributed by atoms with E-state index in [4.69, 9.17) is 9.84 Å². The van der Waals surface area contributed by atoms with Crippen LogP contribution in [-0.4, -0.2) is 65.8 Å². The number of ether oxygens (including phenoxy) is 1. The van der Waals surface area contributed by atoms with Crippen LogP contribution in [0.5, 0.6) is 0 Å². The predicted molar refractivity (Wildman–Crippen MR) is 61.9 cm³/mol. The number of nitrogens with zero attached hydrogens (tertiary/aromatic N) is 2. The van der Waals surface area contributed by atoms with Crippen LogP contribution in [0, 0.1) is 0 Å². The summed E-state index contributed by atoms with van der Waals surface area (Å²) in [5.41, 5.74) is 0. The first-order valence-corrected chi connectivity index (χ1v) is 5.77. The average Bonchev–Trinajstić information content (AvgIpc) is 2.23. The van der Waals surface area contributed by atoms with E-state index in [9.17, 15) is 9.59 Å². The fourth-order valence-electron chi connectivity index (χ4n) is 1.93. The lowest BCUT2D eigenvalue weighted by Gasteiger charge is -2.37. The molecule has 17 heavy (non-hydrogen) atoms. The van der Waals surface area contributed by atoms with Gasteiger partial charge in [-0.15, -0.1) is 0 Å². The molecule has 0 aromatic heterocycles. The second-order valence-corrected chi connectivity index (χ2v) is 4.51. The molecule has 0 radical (unpaired) electrons. The lowest BCUT2D eigenvalue weighted by Crippen LogP contribution is -2.52. The zero-order valence-electron chi connectivity index (χ0n) is 10.5. The molecule has 1 aliphatic rings. The van der Waals surface area contributed by atoms with Crippen molar-refractivity contribution >= 4 is 12.0 Å². The van der Waals surface area contributed by atoms with Crippen LogP contribution < -0.4 is 0 Å². The van der Waals surface area contributed by atoms with Crippen molar-refractivity contribution in [2.24, 2.45) is 0 Å². The van der Waals surface area contributed by atoms with Crippen molar-refractivity contribution in [3.8, 4) is 0 Å². The van der Waals surface area contributed by atoms with Gasteiger partial charge in [0.15, 0.2) is 0 Å².